The van der Waals surface area contributed by atoms with Gasteiger partial charge in [-0.25, -0.2) is 9.18 Å². The molecule has 31 heavy (non-hydrogen) atoms. The van der Waals surface area contributed by atoms with Crippen molar-refractivity contribution in [3.8, 4) is 11.3 Å². The van der Waals surface area contributed by atoms with E-state index in [2.05, 4.69) is 5.32 Å². The number of nitrogens with one attached hydrogen (secondary N) is 1. The molecular formula is C23H16FN2O5-. The second-order valence-corrected chi connectivity index (χ2v) is 6.94. The van der Waals surface area contributed by atoms with Crippen LogP contribution in [-0.4, -0.2) is 22.8 Å². The van der Waals surface area contributed by atoms with Crippen LogP contribution in [0.4, 0.5) is 9.18 Å². The zero-order valence-electron chi connectivity index (χ0n) is 16.3. The molecule has 0 bridgehead atoms. The first-order chi connectivity index (χ1) is 14.8. The summed E-state index contributed by atoms with van der Waals surface area (Å²) in [7, 11) is 0. The molecule has 8 heteroatoms. The van der Waals surface area contributed by atoms with Crippen LogP contribution >= 0.6 is 0 Å². The van der Waals surface area contributed by atoms with Gasteiger partial charge in [-0.05, 0) is 30.7 Å². The van der Waals surface area contributed by atoms with E-state index in [1.165, 1.54) is 30.3 Å². The summed E-state index contributed by atoms with van der Waals surface area (Å²) in [6, 6.07) is 13.2. The van der Waals surface area contributed by atoms with E-state index in [4.69, 9.17) is 4.42 Å². The van der Waals surface area contributed by atoms with Crippen LogP contribution < -0.4 is 10.4 Å². The van der Waals surface area contributed by atoms with E-state index in [0.29, 0.717) is 16.9 Å². The van der Waals surface area contributed by atoms with Crippen molar-refractivity contribution in [3.05, 3.63) is 88.6 Å². The molecule has 0 saturated carbocycles. The average Bonchev–Trinajstić information content (AvgIpc) is 3.29. The van der Waals surface area contributed by atoms with Crippen LogP contribution in [0.15, 0.2) is 64.7 Å². The van der Waals surface area contributed by atoms with Crippen LogP contribution in [-0.2, 0) is 11.3 Å². The molecule has 0 unspecified atom stereocenters. The van der Waals surface area contributed by atoms with E-state index >= 15 is 0 Å². The molecular weight excluding hydrogens is 403 g/mol. The van der Waals surface area contributed by atoms with Gasteiger partial charge in [0.15, 0.2) is 0 Å². The Morgan fingerprint density at radius 3 is 2.65 bits per heavy atom. The highest BCUT2D eigenvalue weighted by atomic mass is 19.1. The number of amides is 3. The summed E-state index contributed by atoms with van der Waals surface area (Å²) in [4.78, 5) is 37.0. The fourth-order valence-electron chi connectivity index (χ4n) is 3.35. The van der Waals surface area contributed by atoms with Crippen molar-refractivity contribution in [1.29, 1.82) is 0 Å². The lowest BCUT2D eigenvalue weighted by Crippen LogP contribution is -2.30. The van der Waals surface area contributed by atoms with Gasteiger partial charge >= 0.3 is 6.03 Å². The van der Waals surface area contributed by atoms with Crippen LogP contribution in [0.5, 0.6) is 0 Å². The standard InChI is InChI=1S/C23H17FN2O5/c1-13-16(6-4-7-17(13)22(28)29)20-10-9-15(31-20)11-19-21(27)26(23(30)25-19)12-14-5-2-3-8-18(14)24/h2-11H,12H2,1H3,(H,25,30)(H,28,29)/p-1/b19-11+. The summed E-state index contributed by atoms with van der Waals surface area (Å²) in [5.41, 5.74) is 1.31. The Hall–Kier alpha value is -4.20. The SMILES string of the molecule is Cc1c(C(=O)[O-])cccc1-c1ccc(/C=C2/NC(=O)N(Cc3ccccc3F)C2=O)o1. The molecule has 1 N–H and O–H groups in total. The van der Waals surface area contributed by atoms with E-state index in [-0.39, 0.29) is 29.1 Å². The minimum absolute atomic E-state index is 0.0116. The van der Waals surface area contributed by atoms with Gasteiger partial charge in [0.2, 0.25) is 0 Å². The first-order valence-electron chi connectivity index (χ1n) is 9.34. The van der Waals surface area contributed by atoms with Crippen LogP contribution in [0.3, 0.4) is 0 Å². The van der Waals surface area contributed by atoms with Crippen LogP contribution in [0, 0.1) is 12.7 Å². The van der Waals surface area contributed by atoms with Gasteiger partial charge in [0, 0.05) is 22.8 Å². The Morgan fingerprint density at radius 2 is 1.90 bits per heavy atom. The number of imide groups is 1. The molecule has 0 aliphatic carbocycles. The third-order valence-corrected chi connectivity index (χ3v) is 4.98. The average molecular weight is 419 g/mol. The van der Waals surface area contributed by atoms with Crippen LogP contribution in [0.25, 0.3) is 17.4 Å². The number of carbonyl (C=O) groups is 3. The van der Waals surface area contributed by atoms with Gasteiger partial charge in [0.25, 0.3) is 5.91 Å². The number of hydrogen-bond acceptors (Lipinski definition) is 5. The maximum atomic E-state index is 13.9. The lowest BCUT2D eigenvalue weighted by molar-refractivity contribution is -0.255. The predicted octanol–water partition coefficient (Wildman–Crippen LogP) is 2.85. The Bertz CT molecular complexity index is 1240. The highest BCUT2D eigenvalue weighted by Gasteiger charge is 2.34. The number of urea groups is 1. The summed E-state index contributed by atoms with van der Waals surface area (Å²) in [5.74, 6) is -1.73. The molecule has 1 aliphatic rings. The molecule has 4 rings (SSSR count). The molecule has 3 aromatic rings. The number of halogens is 1. The maximum Gasteiger partial charge on any atom is 0.329 e. The molecule has 0 radical (unpaired) electrons. The summed E-state index contributed by atoms with van der Waals surface area (Å²) in [6.45, 7) is 1.44. The van der Waals surface area contributed by atoms with Gasteiger partial charge in [-0.2, -0.15) is 0 Å². The number of rotatable bonds is 5. The molecule has 0 atom stereocenters. The van der Waals surface area contributed by atoms with Gasteiger partial charge in [-0.15, -0.1) is 0 Å². The smallest absolute Gasteiger partial charge is 0.329 e. The second kappa shape index (κ2) is 7.91. The summed E-state index contributed by atoms with van der Waals surface area (Å²) in [6.07, 6.45) is 1.36. The van der Waals surface area contributed by atoms with E-state index in [1.807, 2.05) is 0 Å². The monoisotopic (exact) mass is 419 g/mol. The summed E-state index contributed by atoms with van der Waals surface area (Å²) >= 11 is 0. The van der Waals surface area contributed by atoms with Crippen molar-refractivity contribution in [2.24, 2.45) is 0 Å². The number of carboxylic acids is 1. The minimum atomic E-state index is -1.29. The van der Waals surface area contributed by atoms with Gasteiger partial charge in [-0.3, -0.25) is 9.69 Å². The molecule has 3 amide bonds. The van der Waals surface area contributed by atoms with E-state index in [9.17, 15) is 23.9 Å². The minimum Gasteiger partial charge on any atom is -0.545 e. The molecule has 2 aromatic carbocycles. The Labute approximate surface area is 176 Å². The highest BCUT2D eigenvalue weighted by Crippen LogP contribution is 2.28. The first-order valence-corrected chi connectivity index (χ1v) is 9.34. The highest BCUT2D eigenvalue weighted by molar-refractivity contribution is 6.13. The summed E-state index contributed by atoms with van der Waals surface area (Å²) in [5, 5.41) is 13.7. The van der Waals surface area contributed by atoms with Crippen LogP contribution in [0.2, 0.25) is 0 Å². The quantitative estimate of drug-likeness (QED) is 0.506. The van der Waals surface area contributed by atoms with Crippen molar-refractivity contribution in [2.45, 2.75) is 13.5 Å². The fraction of sp³-hybridized carbons (Fsp3) is 0.0870. The zero-order chi connectivity index (χ0) is 22.1. The van der Waals surface area contributed by atoms with Gasteiger partial charge in [-0.1, -0.05) is 36.4 Å². The summed E-state index contributed by atoms with van der Waals surface area (Å²) < 4.78 is 19.6. The molecule has 0 spiro atoms. The number of nitrogens with zero attached hydrogens (tertiary/aromatic N) is 1. The number of carbonyl (C=O) groups excluding carboxylic acids is 3. The Kier molecular flexibility index (Phi) is 5.12. The predicted molar refractivity (Wildman–Crippen MR) is 107 cm³/mol. The molecule has 1 saturated heterocycles. The third kappa shape index (κ3) is 3.83. The zero-order valence-corrected chi connectivity index (χ0v) is 16.3. The van der Waals surface area contributed by atoms with E-state index in [1.54, 1.807) is 37.3 Å². The van der Waals surface area contributed by atoms with Gasteiger partial charge < -0.3 is 19.6 Å². The molecule has 1 fully saturated rings. The third-order valence-electron chi connectivity index (χ3n) is 4.98. The number of benzene rings is 2. The second-order valence-electron chi connectivity index (χ2n) is 6.94. The number of furan rings is 1. The van der Waals surface area contributed by atoms with E-state index in [0.717, 1.165) is 4.90 Å². The number of hydrogen-bond donors (Lipinski definition) is 1. The first kappa shape index (κ1) is 20.1. The molecule has 1 aliphatic heterocycles. The van der Waals surface area contributed by atoms with Crippen molar-refractivity contribution in [3.63, 3.8) is 0 Å². The Morgan fingerprint density at radius 1 is 1.13 bits per heavy atom. The maximum absolute atomic E-state index is 13.9. The van der Waals surface area contributed by atoms with Crippen molar-refractivity contribution < 1.29 is 28.3 Å². The number of aromatic carboxylic acids is 1. The fourth-order valence-corrected chi connectivity index (χ4v) is 3.35. The van der Waals surface area contributed by atoms with Gasteiger partial charge in [0.1, 0.15) is 23.0 Å². The van der Waals surface area contributed by atoms with Crippen molar-refractivity contribution in [2.75, 3.05) is 0 Å². The largest absolute Gasteiger partial charge is 0.545 e. The molecule has 1 aromatic heterocycles. The van der Waals surface area contributed by atoms with Crippen molar-refractivity contribution >= 4 is 24.0 Å². The topological polar surface area (TPSA) is 103 Å². The van der Waals surface area contributed by atoms with Crippen molar-refractivity contribution in [1.82, 2.24) is 10.2 Å². The lowest BCUT2D eigenvalue weighted by atomic mass is 10.0. The normalized spacial score (nSPS) is 14.9. The molecule has 156 valence electrons. The molecule has 2 heterocycles. The lowest BCUT2D eigenvalue weighted by Gasteiger charge is -2.12. The van der Waals surface area contributed by atoms with Gasteiger partial charge in [0.05, 0.1) is 12.5 Å². The number of carboxylic acid groups (broad SMARTS) is 1. The van der Waals surface area contributed by atoms with Crippen LogP contribution in [0.1, 0.15) is 27.2 Å². The molecule has 7 nitrogen and oxygen atoms in total. The van der Waals surface area contributed by atoms with E-state index < -0.39 is 23.7 Å². The Balaban J connectivity index is 1.58.